The van der Waals surface area contributed by atoms with Crippen LogP contribution in [0.5, 0.6) is 0 Å². The predicted octanol–water partition coefficient (Wildman–Crippen LogP) is 3.65. The van der Waals surface area contributed by atoms with E-state index in [0.29, 0.717) is 17.3 Å². The first-order valence-corrected chi connectivity index (χ1v) is 7.44. The van der Waals surface area contributed by atoms with Crippen LogP contribution < -0.4 is 0 Å². The Kier molecular flexibility index (Phi) is 5.68. The summed E-state index contributed by atoms with van der Waals surface area (Å²) in [6.45, 7) is 0.796. The fraction of sp³-hybridized carbons (Fsp3) is 0.429. The molecule has 0 aliphatic carbocycles. The summed E-state index contributed by atoms with van der Waals surface area (Å²) in [6, 6.07) is 6.35. The second-order valence-corrected chi connectivity index (χ2v) is 5.12. The molecule has 6 nitrogen and oxygen atoms in total. The van der Waals surface area contributed by atoms with E-state index in [1.807, 2.05) is 0 Å². The monoisotopic (exact) mass is 308 g/mol. The molecule has 1 heterocycles. The van der Waals surface area contributed by atoms with Gasteiger partial charge in [0.25, 0.3) is 5.69 Å². The van der Waals surface area contributed by atoms with Crippen LogP contribution in [-0.2, 0) is 6.54 Å². The van der Waals surface area contributed by atoms with E-state index >= 15 is 0 Å². The largest absolute Gasteiger partial charge is 0.270 e. The molecule has 2 rings (SSSR count). The van der Waals surface area contributed by atoms with Crippen LogP contribution in [0.15, 0.2) is 30.6 Å². The number of hydrogen-bond acceptors (Lipinski definition) is 4. The molecule has 0 unspecified atom stereocenters. The van der Waals surface area contributed by atoms with Crippen molar-refractivity contribution < 1.29 is 4.92 Å². The molecule has 1 aromatic carbocycles. The SMILES string of the molecule is O=[N+]([O-])c1cccc(-c2ncn(CCCCCCCl)n2)c1. The fourth-order valence-electron chi connectivity index (χ4n) is 2.02. The van der Waals surface area contributed by atoms with Crippen molar-refractivity contribution in [3.05, 3.63) is 40.7 Å². The van der Waals surface area contributed by atoms with Gasteiger partial charge in [-0.3, -0.25) is 14.8 Å². The number of aromatic nitrogens is 3. The van der Waals surface area contributed by atoms with Gasteiger partial charge in [-0.05, 0) is 12.8 Å². The molecule has 0 spiro atoms. The van der Waals surface area contributed by atoms with E-state index in [1.54, 1.807) is 23.1 Å². The number of nitro groups is 1. The number of rotatable bonds is 8. The van der Waals surface area contributed by atoms with Gasteiger partial charge in [0.05, 0.1) is 4.92 Å². The third kappa shape index (κ3) is 4.53. The number of halogens is 1. The lowest BCUT2D eigenvalue weighted by molar-refractivity contribution is -0.384. The lowest BCUT2D eigenvalue weighted by atomic mass is 10.2. The third-order valence-corrected chi connectivity index (χ3v) is 3.39. The van der Waals surface area contributed by atoms with E-state index in [9.17, 15) is 10.1 Å². The Morgan fingerprint density at radius 3 is 2.81 bits per heavy atom. The second kappa shape index (κ2) is 7.73. The molecule has 7 heteroatoms. The predicted molar refractivity (Wildman–Crippen MR) is 81.3 cm³/mol. The van der Waals surface area contributed by atoms with Gasteiger partial charge in [-0.2, -0.15) is 5.10 Å². The van der Waals surface area contributed by atoms with Crippen LogP contribution in [0.2, 0.25) is 0 Å². The molecule has 0 N–H and O–H groups in total. The smallest absolute Gasteiger partial charge is 0.258 e. The molecular formula is C14H17ClN4O2. The normalized spacial score (nSPS) is 10.7. The Hall–Kier alpha value is -1.95. The third-order valence-electron chi connectivity index (χ3n) is 3.12. The highest BCUT2D eigenvalue weighted by atomic mass is 35.5. The van der Waals surface area contributed by atoms with E-state index in [-0.39, 0.29) is 5.69 Å². The van der Waals surface area contributed by atoms with Crippen LogP contribution in [0.1, 0.15) is 25.7 Å². The summed E-state index contributed by atoms with van der Waals surface area (Å²) >= 11 is 5.63. The van der Waals surface area contributed by atoms with Crippen LogP contribution in [0.3, 0.4) is 0 Å². The van der Waals surface area contributed by atoms with Gasteiger partial charge in [0, 0.05) is 30.1 Å². The van der Waals surface area contributed by atoms with Crippen LogP contribution >= 0.6 is 11.6 Å². The summed E-state index contributed by atoms with van der Waals surface area (Å²) in [7, 11) is 0. The molecule has 0 aliphatic rings. The number of non-ortho nitro benzene ring substituents is 1. The first kappa shape index (κ1) is 15.4. The van der Waals surface area contributed by atoms with E-state index in [4.69, 9.17) is 11.6 Å². The zero-order valence-corrected chi connectivity index (χ0v) is 12.4. The Balaban J connectivity index is 1.96. The zero-order chi connectivity index (χ0) is 15.1. The van der Waals surface area contributed by atoms with Gasteiger partial charge in [0.1, 0.15) is 6.33 Å². The number of aryl methyl sites for hydroxylation is 1. The van der Waals surface area contributed by atoms with Gasteiger partial charge in [-0.25, -0.2) is 4.98 Å². The molecule has 0 atom stereocenters. The number of hydrogen-bond donors (Lipinski definition) is 0. The summed E-state index contributed by atoms with van der Waals surface area (Å²) in [5.41, 5.74) is 0.704. The minimum atomic E-state index is -0.419. The minimum Gasteiger partial charge on any atom is -0.258 e. The van der Waals surface area contributed by atoms with Crippen molar-refractivity contribution >= 4 is 17.3 Å². The maximum Gasteiger partial charge on any atom is 0.270 e. The fourth-order valence-corrected chi connectivity index (χ4v) is 2.20. The van der Waals surface area contributed by atoms with Crippen LogP contribution in [0, 0.1) is 10.1 Å². The molecule has 0 bridgehead atoms. The molecule has 2 aromatic rings. The molecule has 0 amide bonds. The Bertz CT molecular complexity index is 600. The van der Waals surface area contributed by atoms with Crippen molar-refractivity contribution in [2.24, 2.45) is 0 Å². The van der Waals surface area contributed by atoms with Crippen molar-refractivity contribution in [2.45, 2.75) is 32.2 Å². The summed E-state index contributed by atoms with van der Waals surface area (Å²) in [5, 5.41) is 15.1. The van der Waals surface area contributed by atoms with Gasteiger partial charge in [0.15, 0.2) is 5.82 Å². The maximum absolute atomic E-state index is 10.8. The number of unbranched alkanes of at least 4 members (excludes halogenated alkanes) is 3. The lowest BCUT2D eigenvalue weighted by Gasteiger charge is -2.00. The maximum atomic E-state index is 10.8. The van der Waals surface area contributed by atoms with Crippen molar-refractivity contribution in [1.82, 2.24) is 14.8 Å². The highest BCUT2D eigenvalue weighted by Gasteiger charge is 2.10. The Labute approximate surface area is 127 Å². The van der Waals surface area contributed by atoms with E-state index in [0.717, 1.165) is 32.2 Å². The molecule has 1 aromatic heterocycles. The van der Waals surface area contributed by atoms with Crippen LogP contribution in [0.25, 0.3) is 11.4 Å². The summed E-state index contributed by atoms with van der Waals surface area (Å²) in [6.07, 6.45) is 5.96. The first-order valence-electron chi connectivity index (χ1n) is 6.91. The molecule has 112 valence electrons. The van der Waals surface area contributed by atoms with E-state index in [2.05, 4.69) is 10.1 Å². The standard InChI is InChI=1S/C14H17ClN4O2/c15-8-3-1-2-4-9-18-11-16-14(17-18)12-6-5-7-13(10-12)19(20)21/h5-7,10-11H,1-4,8-9H2. The topological polar surface area (TPSA) is 73.8 Å². The number of benzene rings is 1. The van der Waals surface area contributed by atoms with Gasteiger partial charge in [-0.1, -0.05) is 25.0 Å². The van der Waals surface area contributed by atoms with Gasteiger partial charge >= 0.3 is 0 Å². The molecule has 0 aliphatic heterocycles. The Morgan fingerprint density at radius 2 is 2.05 bits per heavy atom. The number of alkyl halides is 1. The first-order chi connectivity index (χ1) is 10.2. The summed E-state index contributed by atoms with van der Waals surface area (Å²) in [4.78, 5) is 14.6. The van der Waals surface area contributed by atoms with Crippen LogP contribution in [-0.4, -0.2) is 25.6 Å². The number of nitro benzene ring substituents is 1. The molecular weight excluding hydrogens is 292 g/mol. The molecule has 0 saturated carbocycles. The average molecular weight is 309 g/mol. The average Bonchev–Trinajstić information content (AvgIpc) is 2.96. The minimum absolute atomic E-state index is 0.0462. The highest BCUT2D eigenvalue weighted by molar-refractivity contribution is 6.17. The van der Waals surface area contributed by atoms with Gasteiger partial charge in [-0.15, -0.1) is 11.6 Å². The number of nitrogens with zero attached hydrogens (tertiary/aromatic N) is 4. The second-order valence-electron chi connectivity index (χ2n) is 4.74. The van der Waals surface area contributed by atoms with Crippen LogP contribution in [0.4, 0.5) is 5.69 Å². The Morgan fingerprint density at radius 1 is 1.24 bits per heavy atom. The van der Waals surface area contributed by atoms with Gasteiger partial charge < -0.3 is 0 Å². The summed E-state index contributed by atoms with van der Waals surface area (Å²) in [5.74, 6) is 1.22. The quantitative estimate of drug-likeness (QED) is 0.323. The van der Waals surface area contributed by atoms with E-state index in [1.165, 1.54) is 12.1 Å². The molecule has 0 fully saturated rings. The van der Waals surface area contributed by atoms with Crippen molar-refractivity contribution in [1.29, 1.82) is 0 Å². The van der Waals surface area contributed by atoms with E-state index < -0.39 is 4.92 Å². The van der Waals surface area contributed by atoms with Crippen molar-refractivity contribution in [2.75, 3.05) is 5.88 Å². The van der Waals surface area contributed by atoms with Crippen molar-refractivity contribution in [3.63, 3.8) is 0 Å². The zero-order valence-electron chi connectivity index (χ0n) is 11.6. The summed E-state index contributed by atoms with van der Waals surface area (Å²) < 4.78 is 1.77. The lowest BCUT2D eigenvalue weighted by Crippen LogP contribution is -1.99. The molecule has 0 saturated heterocycles. The van der Waals surface area contributed by atoms with Crippen molar-refractivity contribution in [3.8, 4) is 11.4 Å². The molecule has 0 radical (unpaired) electrons. The highest BCUT2D eigenvalue weighted by Crippen LogP contribution is 2.20. The van der Waals surface area contributed by atoms with Gasteiger partial charge in [0.2, 0.25) is 0 Å². The molecule has 21 heavy (non-hydrogen) atoms.